The Bertz CT molecular complexity index is 664. The number of alkyl halides is 3. The van der Waals surface area contributed by atoms with Crippen LogP contribution >= 0.6 is 11.3 Å². The smallest absolute Gasteiger partial charge is 0.338 e. The fourth-order valence-electron chi connectivity index (χ4n) is 2.40. The van der Waals surface area contributed by atoms with E-state index < -0.39 is 11.9 Å². The number of aryl methyl sites for hydroxylation is 1. The van der Waals surface area contributed by atoms with E-state index >= 15 is 0 Å². The maximum atomic E-state index is 12.6. The highest BCUT2D eigenvalue weighted by atomic mass is 32.1. The summed E-state index contributed by atoms with van der Waals surface area (Å²) in [6, 6.07) is 1.85. The highest BCUT2D eigenvalue weighted by molar-refractivity contribution is 7.09. The highest BCUT2D eigenvalue weighted by Gasteiger charge is 2.33. The summed E-state index contributed by atoms with van der Waals surface area (Å²) in [6.45, 7) is 5.36. The summed E-state index contributed by atoms with van der Waals surface area (Å²) in [6.07, 6.45) is -2.63. The van der Waals surface area contributed by atoms with Gasteiger partial charge in [0, 0.05) is 43.4 Å². The van der Waals surface area contributed by atoms with E-state index in [1.54, 1.807) is 6.20 Å². The first kappa shape index (κ1) is 16.1. The summed E-state index contributed by atoms with van der Waals surface area (Å²) in [4.78, 5) is 16.5. The number of halogens is 3. The Kier molecular flexibility index (Phi) is 4.49. The molecule has 3 rings (SSSR count). The van der Waals surface area contributed by atoms with Crippen LogP contribution in [-0.2, 0) is 12.7 Å². The van der Waals surface area contributed by atoms with E-state index in [1.807, 2.05) is 13.0 Å². The van der Waals surface area contributed by atoms with Gasteiger partial charge in [0.25, 0.3) is 0 Å². The molecular weight excluding hydrogens is 327 g/mol. The van der Waals surface area contributed by atoms with Crippen molar-refractivity contribution in [1.29, 1.82) is 0 Å². The molecule has 0 spiro atoms. The van der Waals surface area contributed by atoms with Crippen LogP contribution in [0.15, 0.2) is 17.6 Å². The third kappa shape index (κ3) is 3.97. The molecule has 3 heterocycles. The zero-order chi connectivity index (χ0) is 16.4. The predicted octanol–water partition coefficient (Wildman–Crippen LogP) is 2.58. The van der Waals surface area contributed by atoms with Crippen molar-refractivity contribution in [3.05, 3.63) is 34.0 Å². The molecule has 0 unspecified atom stereocenters. The molecule has 2 aromatic rings. The summed E-state index contributed by atoms with van der Waals surface area (Å²) in [5.41, 5.74) is 0.115. The molecule has 5 nitrogen and oxygen atoms in total. The van der Waals surface area contributed by atoms with Crippen LogP contribution in [-0.4, -0.2) is 46.0 Å². The second-order valence-corrected chi connectivity index (χ2v) is 6.33. The summed E-state index contributed by atoms with van der Waals surface area (Å²) < 4.78 is 37.7. The lowest BCUT2D eigenvalue weighted by Crippen LogP contribution is -2.46. The van der Waals surface area contributed by atoms with Gasteiger partial charge in [-0.25, -0.2) is 15.0 Å². The van der Waals surface area contributed by atoms with Gasteiger partial charge in [-0.15, -0.1) is 11.3 Å². The zero-order valence-electron chi connectivity index (χ0n) is 12.5. The largest absolute Gasteiger partial charge is 0.434 e. The third-order valence-electron chi connectivity index (χ3n) is 3.64. The maximum Gasteiger partial charge on any atom is 0.434 e. The molecule has 0 amide bonds. The Labute approximate surface area is 135 Å². The van der Waals surface area contributed by atoms with Crippen molar-refractivity contribution in [2.45, 2.75) is 19.6 Å². The fourth-order valence-corrected chi connectivity index (χ4v) is 3.24. The van der Waals surface area contributed by atoms with Crippen LogP contribution < -0.4 is 4.90 Å². The highest BCUT2D eigenvalue weighted by Crippen LogP contribution is 2.30. The molecular formula is C14H16F3N5S. The monoisotopic (exact) mass is 343 g/mol. The van der Waals surface area contributed by atoms with E-state index in [2.05, 4.69) is 24.8 Å². The van der Waals surface area contributed by atoms with E-state index in [1.165, 1.54) is 0 Å². The van der Waals surface area contributed by atoms with Crippen molar-refractivity contribution >= 4 is 17.3 Å². The molecule has 1 aliphatic heterocycles. The van der Waals surface area contributed by atoms with Crippen molar-refractivity contribution in [3.8, 4) is 0 Å². The van der Waals surface area contributed by atoms with Crippen LogP contribution in [0.3, 0.4) is 0 Å². The lowest BCUT2D eigenvalue weighted by atomic mass is 10.3. The number of hydrogen-bond donors (Lipinski definition) is 0. The molecule has 1 aliphatic rings. The molecule has 0 N–H and O–H groups in total. The van der Waals surface area contributed by atoms with Crippen LogP contribution in [0.1, 0.15) is 16.4 Å². The Morgan fingerprint density at radius 3 is 2.52 bits per heavy atom. The second kappa shape index (κ2) is 6.40. The summed E-state index contributed by atoms with van der Waals surface area (Å²) in [5.74, 6) is 0.707. The molecule has 0 aromatic carbocycles. The minimum atomic E-state index is -4.37. The van der Waals surface area contributed by atoms with Gasteiger partial charge in [0.15, 0.2) is 5.69 Å². The fraction of sp³-hybridized carbons (Fsp3) is 0.500. The van der Waals surface area contributed by atoms with Gasteiger partial charge in [0.2, 0.25) is 5.95 Å². The predicted molar refractivity (Wildman–Crippen MR) is 81.4 cm³/mol. The maximum absolute atomic E-state index is 12.6. The van der Waals surface area contributed by atoms with Crippen molar-refractivity contribution in [2.24, 2.45) is 0 Å². The number of aromatic nitrogens is 3. The Balaban J connectivity index is 1.56. The number of piperazine rings is 1. The summed E-state index contributed by atoms with van der Waals surface area (Å²) in [7, 11) is 0. The van der Waals surface area contributed by atoms with Gasteiger partial charge in [-0.3, -0.25) is 4.90 Å². The van der Waals surface area contributed by atoms with Gasteiger partial charge in [0.05, 0.1) is 6.54 Å². The summed E-state index contributed by atoms with van der Waals surface area (Å²) >= 11 is 1.06. The lowest BCUT2D eigenvalue weighted by molar-refractivity contribution is -0.140. The van der Waals surface area contributed by atoms with Gasteiger partial charge >= 0.3 is 6.18 Å². The summed E-state index contributed by atoms with van der Waals surface area (Å²) in [5, 5.41) is 1.57. The Morgan fingerprint density at radius 1 is 1.17 bits per heavy atom. The first-order valence-corrected chi connectivity index (χ1v) is 8.08. The average Bonchev–Trinajstić information content (AvgIpc) is 2.97. The van der Waals surface area contributed by atoms with Gasteiger partial charge in [-0.05, 0) is 13.0 Å². The SMILES string of the molecule is Cc1ccnc(N2CCN(Cc3nc(C(F)(F)F)cs3)CC2)n1. The van der Waals surface area contributed by atoms with E-state index in [0.717, 1.165) is 48.6 Å². The number of nitrogens with zero attached hydrogens (tertiary/aromatic N) is 5. The van der Waals surface area contributed by atoms with Gasteiger partial charge in [0.1, 0.15) is 5.01 Å². The van der Waals surface area contributed by atoms with Crippen molar-refractivity contribution in [1.82, 2.24) is 19.9 Å². The normalized spacial score (nSPS) is 16.8. The van der Waals surface area contributed by atoms with Crippen LogP contribution in [0.5, 0.6) is 0 Å². The zero-order valence-corrected chi connectivity index (χ0v) is 13.4. The Morgan fingerprint density at radius 2 is 1.91 bits per heavy atom. The van der Waals surface area contributed by atoms with Crippen molar-refractivity contribution < 1.29 is 13.2 Å². The number of hydrogen-bond acceptors (Lipinski definition) is 6. The molecule has 0 saturated carbocycles. The van der Waals surface area contributed by atoms with Crippen molar-refractivity contribution in [3.63, 3.8) is 0 Å². The molecule has 0 atom stereocenters. The first-order valence-electron chi connectivity index (χ1n) is 7.20. The average molecular weight is 343 g/mol. The number of anilines is 1. The van der Waals surface area contributed by atoms with Gasteiger partial charge in [-0.1, -0.05) is 0 Å². The van der Waals surface area contributed by atoms with Crippen LogP contribution in [0, 0.1) is 6.92 Å². The van der Waals surface area contributed by atoms with E-state index in [4.69, 9.17) is 0 Å². The van der Waals surface area contributed by atoms with Crippen LogP contribution in [0.25, 0.3) is 0 Å². The van der Waals surface area contributed by atoms with E-state index in [9.17, 15) is 13.2 Å². The van der Waals surface area contributed by atoms with Gasteiger partial charge < -0.3 is 4.90 Å². The van der Waals surface area contributed by atoms with Crippen LogP contribution in [0.4, 0.5) is 19.1 Å². The van der Waals surface area contributed by atoms with E-state index in [-0.39, 0.29) is 0 Å². The molecule has 9 heteroatoms. The molecule has 0 aliphatic carbocycles. The topological polar surface area (TPSA) is 45.2 Å². The van der Waals surface area contributed by atoms with Crippen molar-refractivity contribution in [2.75, 3.05) is 31.1 Å². The molecule has 124 valence electrons. The standard InChI is InChI=1S/C14H16F3N5S/c1-10-2-3-18-13(19-10)22-6-4-21(5-7-22)8-12-20-11(9-23-12)14(15,16)17/h2-3,9H,4-8H2,1H3. The van der Waals surface area contributed by atoms with Gasteiger partial charge in [-0.2, -0.15) is 13.2 Å². The Hall–Kier alpha value is -1.74. The lowest BCUT2D eigenvalue weighted by Gasteiger charge is -2.34. The molecule has 1 fully saturated rings. The van der Waals surface area contributed by atoms with E-state index in [0.29, 0.717) is 17.5 Å². The molecule has 1 saturated heterocycles. The minimum absolute atomic E-state index is 0.448. The number of rotatable bonds is 3. The molecule has 0 bridgehead atoms. The molecule has 23 heavy (non-hydrogen) atoms. The molecule has 0 radical (unpaired) electrons. The quantitative estimate of drug-likeness (QED) is 0.857. The minimum Gasteiger partial charge on any atom is -0.338 e. The molecule has 2 aromatic heterocycles. The van der Waals surface area contributed by atoms with Crippen LogP contribution in [0.2, 0.25) is 0 Å². The first-order chi connectivity index (χ1) is 10.9. The third-order valence-corrected chi connectivity index (χ3v) is 4.47. The second-order valence-electron chi connectivity index (χ2n) is 5.39. The number of thiazole rings is 1.